The number of aromatic amines is 1. The topological polar surface area (TPSA) is 295 Å². The van der Waals surface area contributed by atoms with Crippen molar-refractivity contribution in [1.82, 2.24) is 41.4 Å². The lowest BCUT2D eigenvalue weighted by Gasteiger charge is -2.43. The Labute approximate surface area is 441 Å². The van der Waals surface area contributed by atoms with Gasteiger partial charge in [0.05, 0.1) is 13.5 Å². The number of nitrogens with zero attached hydrogens (tertiary/aromatic N) is 2. The number of aliphatic hydroxyl groups is 1. The molecular weight excluding hydrogens is 981 g/mol. The third-order valence-electron chi connectivity index (χ3n) is 13.8. The molecule has 408 valence electrons. The average molecular weight is 1050 g/mol. The number of carbonyl (C=O) groups excluding carboxylic acids is 8. The summed E-state index contributed by atoms with van der Waals surface area (Å²) in [5.41, 5.74) is 2.46. The molecule has 0 aliphatic carbocycles. The summed E-state index contributed by atoms with van der Waals surface area (Å²) in [5, 5.41) is 35.3. The molecule has 4 aromatic rings. The number of amides is 7. The molecule has 7 amide bonds. The summed E-state index contributed by atoms with van der Waals surface area (Å²) in [6.45, 7) is 6.45. The van der Waals surface area contributed by atoms with E-state index in [4.69, 9.17) is 9.47 Å². The highest BCUT2D eigenvalue weighted by molar-refractivity contribution is 5.99. The number of piperidine rings is 1. The minimum Gasteiger partial charge on any atom is -0.497 e. The van der Waals surface area contributed by atoms with E-state index in [-0.39, 0.29) is 38.5 Å². The Morgan fingerprint density at radius 3 is 2.14 bits per heavy atom. The number of benzene rings is 3. The molecule has 2 saturated heterocycles. The number of cyclic esters (lactones) is 1. The number of aliphatic carboxylic acids is 1. The molecule has 2 aliphatic rings. The van der Waals surface area contributed by atoms with E-state index in [0.29, 0.717) is 46.2 Å². The van der Waals surface area contributed by atoms with Crippen molar-refractivity contribution in [1.29, 1.82) is 0 Å². The van der Waals surface area contributed by atoms with Crippen LogP contribution in [0.25, 0.3) is 10.9 Å². The molecule has 1 aromatic heterocycles. The summed E-state index contributed by atoms with van der Waals surface area (Å²) >= 11 is 0. The van der Waals surface area contributed by atoms with Crippen LogP contribution in [-0.4, -0.2) is 147 Å². The zero-order chi connectivity index (χ0) is 55.2. The summed E-state index contributed by atoms with van der Waals surface area (Å²) in [6, 6.07) is 12.0. The lowest BCUT2D eigenvalue weighted by Crippen LogP contribution is -2.65. The maximum atomic E-state index is 15.2. The van der Waals surface area contributed by atoms with Gasteiger partial charge in [0, 0.05) is 49.8 Å². The van der Waals surface area contributed by atoms with Gasteiger partial charge in [0.2, 0.25) is 41.4 Å². The quantitative estimate of drug-likeness (QED) is 0.0558. The number of esters is 1. The van der Waals surface area contributed by atoms with Crippen molar-refractivity contribution in [2.75, 3.05) is 14.2 Å². The number of methoxy groups -OCH3 is 1. The van der Waals surface area contributed by atoms with Gasteiger partial charge in [0.25, 0.3) is 0 Å². The van der Waals surface area contributed by atoms with E-state index >= 15 is 4.79 Å². The number of ether oxygens (including phenoxy) is 2. The summed E-state index contributed by atoms with van der Waals surface area (Å²) in [6.07, 6.45) is -1.05. The number of hydrogen-bond donors (Lipinski definition) is 8. The number of H-pyrrole nitrogens is 1. The number of unbranched alkanes of at least 4 members (excludes halogenated alkanes) is 2. The second-order valence-corrected chi connectivity index (χ2v) is 19.7. The fourth-order valence-electron chi connectivity index (χ4n) is 9.49. The first kappa shape index (κ1) is 57.5. The molecule has 8 N–H and O–H groups in total. The number of hydrogen-bond acceptors (Lipinski definition) is 12. The zero-order valence-corrected chi connectivity index (χ0v) is 43.7. The van der Waals surface area contributed by atoms with Crippen molar-refractivity contribution in [3.8, 4) is 5.75 Å². The van der Waals surface area contributed by atoms with E-state index in [2.05, 4.69) is 31.6 Å². The van der Waals surface area contributed by atoms with Crippen LogP contribution in [0, 0.1) is 5.92 Å². The van der Waals surface area contributed by atoms with Crippen LogP contribution in [0.3, 0.4) is 0 Å². The number of aliphatic hydroxyl groups excluding tert-OH is 1. The summed E-state index contributed by atoms with van der Waals surface area (Å²) in [4.78, 5) is 134. The van der Waals surface area contributed by atoms with E-state index in [1.54, 1.807) is 98.9 Å². The minimum absolute atomic E-state index is 0.0130. The van der Waals surface area contributed by atoms with Crippen LogP contribution < -0.4 is 31.3 Å². The first-order valence-corrected chi connectivity index (χ1v) is 25.7. The van der Waals surface area contributed by atoms with Gasteiger partial charge in [-0.3, -0.25) is 38.4 Å². The third-order valence-corrected chi connectivity index (χ3v) is 13.8. The first-order valence-electron chi connectivity index (χ1n) is 25.7. The maximum absolute atomic E-state index is 15.2. The fraction of sp³-hybridized carbons (Fsp3) is 0.473. The SMILES string of the molecule is CCCCCC(=O)NC(CC(=O)O)C(=O)NC1C(=O)NC(Cc2c[nH]c3ccccc23)C(=O)NC2CCC(O)N(C2=O)C(Cc2ccccc2)C(=O)N(C)C(Cc2ccc(OC)cc2)C(=O)NC(C(C)C)C(=O)OC1C. The zero-order valence-electron chi connectivity index (χ0n) is 43.7. The number of aromatic nitrogens is 1. The van der Waals surface area contributed by atoms with Gasteiger partial charge in [0.15, 0.2) is 0 Å². The maximum Gasteiger partial charge on any atom is 0.329 e. The first-order chi connectivity index (χ1) is 36.3. The molecular formula is C55H70N8O13. The van der Waals surface area contributed by atoms with Crippen LogP contribution in [0.4, 0.5) is 0 Å². The summed E-state index contributed by atoms with van der Waals surface area (Å²) < 4.78 is 11.3. The van der Waals surface area contributed by atoms with Crippen molar-refractivity contribution in [3.63, 3.8) is 0 Å². The van der Waals surface area contributed by atoms with Crippen molar-refractivity contribution in [3.05, 3.63) is 102 Å². The highest BCUT2D eigenvalue weighted by Gasteiger charge is 2.46. The second kappa shape index (κ2) is 26.6. The van der Waals surface area contributed by atoms with Gasteiger partial charge >= 0.3 is 11.9 Å². The highest BCUT2D eigenvalue weighted by atomic mass is 16.5. The molecule has 0 radical (unpaired) electrons. The Hall–Kier alpha value is -7.81. The largest absolute Gasteiger partial charge is 0.497 e. The fourth-order valence-corrected chi connectivity index (χ4v) is 9.49. The van der Waals surface area contributed by atoms with Crippen molar-refractivity contribution < 1.29 is 62.8 Å². The van der Waals surface area contributed by atoms with Crippen LogP contribution in [0.15, 0.2) is 85.1 Å². The number of fused-ring (bicyclic) bond motifs is 3. The summed E-state index contributed by atoms with van der Waals surface area (Å²) in [5.74, 6) is -8.74. The van der Waals surface area contributed by atoms with E-state index < -0.39 is 120 Å². The normalized spacial score (nSPS) is 23.5. The van der Waals surface area contributed by atoms with Gasteiger partial charge in [0.1, 0.15) is 60.4 Å². The van der Waals surface area contributed by atoms with Crippen LogP contribution >= 0.6 is 0 Å². The van der Waals surface area contributed by atoms with E-state index in [0.717, 1.165) is 16.2 Å². The molecule has 21 heteroatoms. The van der Waals surface area contributed by atoms with Gasteiger partial charge in [-0.1, -0.05) is 94.3 Å². The number of para-hydroxylation sites is 1. The molecule has 0 spiro atoms. The highest BCUT2D eigenvalue weighted by Crippen LogP contribution is 2.26. The Bertz CT molecular complexity index is 2710. The van der Waals surface area contributed by atoms with Gasteiger partial charge in [-0.2, -0.15) is 0 Å². The van der Waals surface area contributed by atoms with Crippen molar-refractivity contribution >= 4 is 64.2 Å². The number of carboxylic acid groups (broad SMARTS) is 1. The lowest BCUT2D eigenvalue weighted by molar-refractivity contribution is -0.165. The van der Waals surface area contributed by atoms with Gasteiger partial charge in [-0.25, -0.2) is 4.79 Å². The molecule has 2 fully saturated rings. The number of carboxylic acids is 1. The van der Waals surface area contributed by atoms with Crippen LogP contribution in [-0.2, 0) is 67.2 Å². The minimum atomic E-state index is -1.87. The van der Waals surface area contributed by atoms with Crippen LogP contribution in [0.5, 0.6) is 5.75 Å². The Morgan fingerprint density at radius 1 is 0.803 bits per heavy atom. The molecule has 0 saturated carbocycles. The van der Waals surface area contributed by atoms with Gasteiger partial charge in [-0.05, 0) is 67.0 Å². The Balaban J connectivity index is 1.47. The van der Waals surface area contributed by atoms with Crippen LogP contribution in [0.2, 0.25) is 0 Å². The third kappa shape index (κ3) is 14.7. The molecule has 9 atom stereocenters. The Kier molecular flexibility index (Phi) is 20.1. The van der Waals surface area contributed by atoms with E-state index in [9.17, 15) is 48.6 Å². The molecule has 76 heavy (non-hydrogen) atoms. The van der Waals surface area contributed by atoms with Gasteiger partial charge in [-0.15, -0.1) is 0 Å². The lowest BCUT2D eigenvalue weighted by atomic mass is 9.95. The molecule has 21 nitrogen and oxygen atoms in total. The predicted molar refractivity (Wildman–Crippen MR) is 278 cm³/mol. The number of likely N-dealkylation sites (N-methyl/N-ethyl adjacent to an activating group) is 1. The molecule has 3 heterocycles. The van der Waals surface area contributed by atoms with Crippen molar-refractivity contribution in [2.24, 2.45) is 5.92 Å². The van der Waals surface area contributed by atoms with E-state index in [1.807, 2.05) is 6.92 Å². The monoisotopic (exact) mass is 1050 g/mol. The predicted octanol–water partition coefficient (Wildman–Crippen LogP) is 2.42. The Morgan fingerprint density at radius 2 is 1.47 bits per heavy atom. The number of carbonyl (C=O) groups is 9. The smallest absolute Gasteiger partial charge is 0.329 e. The summed E-state index contributed by atoms with van der Waals surface area (Å²) in [7, 11) is 2.87. The van der Waals surface area contributed by atoms with Crippen molar-refractivity contribution in [2.45, 2.75) is 147 Å². The van der Waals surface area contributed by atoms with E-state index in [1.165, 1.54) is 21.1 Å². The molecule has 2 aliphatic heterocycles. The molecule has 9 unspecified atom stereocenters. The standard InChI is InChI=1S/C55H70N8O13/c1-7-8-10-19-44(64)57-41(29-46(66)67)50(69)61-48-32(4)76-55(74)47(31(2)3)60-51(70)42(26-34-20-22-36(75-6)23-21-34)62(5)54(73)43(27-33-15-11-9-12-16-33)63-45(65)25-24-39(53(63)72)58-49(68)40(59-52(48)71)28-35-30-56-38-18-14-13-17-37(35)38/h9,11-18,20-23,30-32,39-43,45,47-48,56,65H,7-8,10,19,24-29H2,1-6H3,(H,57,64)(H,58,68)(H,59,71)(H,60,70)(H,61,69)(H,66,67). The van der Waals surface area contributed by atoms with Crippen LogP contribution in [0.1, 0.15) is 89.3 Å². The molecule has 6 rings (SSSR count). The number of rotatable bonds is 17. The molecule has 3 aromatic carbocycles. The molecule has 2 bridgehead atoms. The van der Waals surface area contributed by atoms with Gasteiger partial charge < -0.3 is 61.1 Å². The number of nitrogens with one attached hydrogen (secondary N) is 6. The average Bonchev–Trinajstić information content (AvgIpc) is 3.81. The second-order valence-electron chi connectivity index (χ2n) is 19.7.